The van der Waals surface area contributed by atoms with Gasteiger partial charge in [0.1, 0.15) is 6.61 Å². The number of carbonyl (C=O) groups excluding carboxylic acids is 2. The molecule has 0 radical (unpaired) electrons. The molecule has 8 heteroatoms. The summed E-state index contributed by atoms with van der Waals surface area (Å²) in [6.45, 7) is 1.35. The van der Waals surface area contributed by atoms with Gasteiger partial charge in [0.25, 0.3) is 5.91 Å². The van der Waals surface area contributed by atoms with E-state index in [-0.39, 0.29) is 25.3 Å². The number of hydrogen-bond acceptors (Lipinski definition) is 5. The molecule has 1 aliphatic heterocycles. The Labute approximate surface area is 161 Å². The average molecular weight is 388 g/mol. The maximum absolute atomic E-state index is 13.4. The topological polar surface area (TPSA) is 88.1 Å². The maximum atomic E-state index is 13.4. The summed E-state index contributed by atoms with van der Waals surface area (Å²) < 4.78 is 24.2. The molecule has 0 aliphatic carbocycles. The van der Waals surface area contributed by atoms with E-state index in [2.05, 4.69) is 5.32 Å². The van der Waals surface area contributed by atoms with Gasteiger partial charge < -0.3 is 24.8 Å². The Bertz CT molecular complexity index is 831. The van der Waals surface area contributed by atoms with Crippen LogP contribution in [0.4, 0.5) is 9.18 Å². The van der Waals surface area contributed by atoms with Crippen LogP contribution in [0.5, 0.6) is 5.75 Å². The maximum Gasteiger partial charge on any atom is 0.410 e. The highest BCUT2D eigenvalue weighted by molar-refractivity contribution is 5.94. The van der Waals surface area contributed by atoms with Gasteiger partial charge in [-0.1, -0.05) is 30.3 Å². The van der Waals surface area contributed by atoms with Crippen molar-refractivity contribution in [3.63, 3.8) is 0 Å². The fourth-order valence-corrected chi connectivity index (χ4v) is 2.78. The molecule has 148 valence electrons. The predicted molar refractivity (Wildman–Crippen MR) is 98.3 cm³/mol. The summed E-state index contributed by atoms with van der Waals surface area (Å²) in [4.78, 5) is 25.9. The fourth-order valence-electron chi connectivity index (χ4n) is 2.78. The van der Waals surface area contributed by atoms with E-state index in [0.717, 1.165) is 17.7 Å². The molecule has 3 rings (SSSR count). The zero-order valence-corrected chi connectivity index (χ0v) is 15.1. The third-order valence-corrected chi connectivity index (χ3v) is 4.30. The monoisotopic (exact) mass is 388 g/mol. The Morgan fingerprint density at radius 1 is 1.25 bits per heavy atom. The number of ether oxygens (including phenoxy) is 2. The average Bonchev–Trinajstić information content (AvgIpc) is 2.73. The van der Waals surface area contributed by atoms with Crippen LogP contribution < -0.4 is 5.32 Å². The zero-order valence-electron chi connectivity index (χ0n) is 15.1. The second-order valence-electron chi connectivity index (χ2n) is 6.36. The Hall–Kier alpha value is -3.13. The summed E-state index contributed by atoms with van der Waals surface area (Å²) in [6, 6.07) is 12.8. The number of amides is 2. The SMILES string of the molecule is O=C(NC[C@@H]1CN(C(=O)OCc2ccccc2)CCO1)c1ccc(O)c(F)c1. The molecule has 2 N–H and O–H groups in total. The molecule has 0 unspecified atom stereocenters. The first-order valence-corrected chi connectivity index (χ1v) is 8.87. The van der Waals surface area contributed by atoms with Gasteiger partial charge in [0, 0.05) is 18.7 Å². The number of benzene rings is 2. The predicted octanol–water partition coefficient (Wildman–Crippen LogP) is 2.30. The third kappa shape index (κ3) is 5.20. The fraction of sp³-hybridized carbons (Fsp3) is 0.300. The summed E-state index contributed by atoms with van der Waals surface area (Å²) in [7, 11) is 0. The summed E-state index contributed by atoms with van der Waals surface area (Å²) in [5.74, 6) is -1.88. The van der Waals surface area contributed by atoms with Crippen molar-refractivity contribution in [1.82, 2.24) is 10.2 Å². The lowest BCUT2D eigenvalue weighted by Crippen LogP contribution is -2.49. The Kier molecular flexibility index (Phi) is 6.44. The molecule has 1 heterocycles. The minimum atomic E-state index is -0.867. The molecular formula is C20H21FN2O5. The molecule has 0 saturated carbocycles. The number of rotatable bonds is 5. The Balaban J connectivity index is 1.47. The quantitative estimate of drug-likeness (QED) is 0.821. The van der Waals surface area contributed by atoms with Gasteiger partial charge in [-0.3, -0.25) is 4.79 Å². The van der Waals surface area contributed by atoms with Gasteiger partial charge in [0.15, 0.2) is 11.6 Å². The number of carbonyl (C=O) groups is 2. The van der Waals surface area contributed by atoms with Crippen LogP contribution in [0.2, 0.25) is 0 Å². The molecule has 0 aromatic heterocycles. The minimum absolute atomic E-state index is 0.0882. The van der Waals surface area contributed by atoms with Crippen molar-refractivity contribution in [1.29, 1.82) is 0 Å². The molecule has 1 fully saturated rings. The lowest BCUT2D eigenvalue weighted by Gasteiger charge is -2.32. The van der Waals surface area contributed by atoms with Gasteiger partial charge in [-0.25, -0.2) is 9.18 Å². The number of halogens is 1. The van der Waals surface area contributed by atoms with Crippen molar-refractivity contribution >= 4 is 12.0 Å². The number of nitrogens with zero attached hydrogens (tertiary/aromatic N) is 1. The van der Waals surface area contributed by atoms with E-state index in [0.29, 0.717) is 13.2 Å². The first-order valence-electron chi connectivity index (χ1n) is 8.87. The molecule has 2 aromatic rings. The summed E-state index contributed by atoms with van der Waals surface area (Å²) in [5.41, 5.74) is 0.985. The third-order valence-electron chi connectivity index (χ3n) is 4.30. The van der Waals surface area contributed by atoms with E-state index in [1.807, 2.05) is 30.3 Å². The molecule has 2 aromatic carbocycles. The van der Waals surface area contributed by atoms with Crippen molar-refractivity contribution in [2.45, 2.75) is 12.7 Å². The highest BCUT2D eigenvalue weighted by Crippen LogP contribution is 2.16. The van der Waals surface area contributed by atoms with Crippen LogP contribution in [-0.2, 0) is 16.1 Å². The van der Waals surface area contributed by atoms with Crippen molar-refractivity contribution in [2.24, 2.45) is 0 Å². The summed E-state index contributed by atoms with van der Waals surface area (Å²) >= 11 is 0. The molecule has 2 amide bonds. The highest BCUT2D eigenvalue weighted by atomic mass is 19.1. The molecule has 7 nitrogen and oxygen atoms in total. The van der Waals surface area contributed by atoms with E-state index >= 15 is 0 Å². The summed E-state index contributed by atoms with van der Waals surface area (Å²) in [6.07, 6.45) is -0.840. The standard InChI is InChI=1S/C20H21FN2O5/c21-17-10-15(6-7-18(17)24)19(25)22-11-16-12-23(8-9-27-16)20(26)28-13-14-4-2-1-3-5-14/h1-7,10,16,24H,8-9,11-13H2,(H,22,25)/t16-/m1/s1. The second-order valence-corrected chi connectivity index (χ2v) is 6.36. The first-order chi connectivity index (χ1) is 13.5. The number of aromatic hydroxyl groups is 1. The van der Waals surface area contributed by atoms with Crippen LogP contribution >= 0.6 is 0 Å². The largest absolute Gasteiger partial charge is 0.505 e. The van der Waals surface area contributed by atoms with E-state index in [4.69, 9.17) is 9.47 Å². The summed E-state index contributed by atoms with van der Waals surface area (Å²) in [5, 5.41) is 11.8. The molecule has 1 saturated heterocycles. The normalized spacial score (nSPS) is 16.5. The van der Waals surface area contributed by atoms with Crippen LogP contribution in [0.3, 0.4) is 0 Å². The minimum Gasteiger partial charge on any atom is -0.505 e. The van der Waals surface area contributed by atoms with Gasteiger partial charge in [-0.15, -0.1) is 0 Å². The van der Waals surface area contributed by atoms with Gasteiger partial charge in [-0.2, -0.15) is 0 Å². The molecule has 28 heavy (non-hydrogen) atoms. The van der Waals surface area contributed by atoms with E-state index in [1.165, 1.54) is 11.0 Å². The molecular weight excluding hydrogens is 367 g/mol. The van der Waals surface area contributed by atoms with Crippen LogP contribution in [-0.4, -0.2) is 54.4 Å². The molecule has 0 spiro atoms. The molecule has 1 atom stereocenters. The van der Waals surface area contributed by atoms with Crippen LogP contribution in [0, 0.1) is 5.82 Å². The lowest BCUT2D eigenvalue weighted by molar-refractivity contribution is -0.0263. The van der Waals surface area contributed by atoms with Crippen molar-refractivity contribution in [3.8, 4) is 5.75 Å². The number of phenolic OH excluding ortho intramolecular Hbond substituents is 1. The zero-order chi connectivity index (χ0) is 19.9. The number of hydrogen-bond donors (Lipinski definition) is 2. The van der Waals surface area contributed by atoms with Crippen molar-refractivity contribution in [2.75, 3.05) is 26.2 Å². The van der Waals surface area contributed by atoms with Gasteiger partial charge in [0.05, 0.1) is 19.3 Å². The Morgan fingerprint density at radius 3 is 2.79 bits per heavy atom. The molecule has 0 bridgehead atoms. The van der Waals surface area contributed by atoms with Gasteiger partial charge in [-0.05, 0) is 23.8 Å². The van der Waals surface area contributed by atoms with Gasteiger partial charge >= 0.3 is 6.09 Å². The van der Waals surface area contributed by atoms with Crippen molar-refractivity contribution < 1.29 is 28.6 Å². The van der Waals surface area contributed by atoms with Gasteiger partial charge in [0.2, 0.25) is 0 Å². The number of morpholine rings is 1. The van der Waals surface area contributed by atoms with E-state index in [9.17, 15) is 19.1 Å². The van der Waals surface area contributed by atoms with E-state index in [1.54, 1.807) is 0 Å². The first kappa shape index (κ1) is 19.6. The van der Waals surface area contributed by atoms with Crippen LogP contribution in [0.1, 0.15) is 15.9 Å². The number of nitrogens with one attached hydrogen (secondary N) is 1. The molecule has 1 aliphatic rings. The lowest BCUT2D eigenvalue weighted by atomic mass is 10.2. The van der Waals surface area contributed by atoms with Crippen LogP contribution in [0.15, 0.2) is 48.5 Å². The Morgan fingerprint density at radius 2 is 2.04 bits per heavy atom. The second kappa shape index (κ2) is 9.18. The number of phenols is 1. The highest BCUT2D eigenvalue weighted by Gasteiger charge is 2.25. The smallest absolute Gasteiger partial charge is 0.410 e. The van der Waals surface area contributed by atoms with Crippen molar-refractivity contribution in [3.05, 3.63) is 65.5 Å². The van der Waals surface area contributed by atoms with E-state index < -0.39 is 29.7 Å². The van der Waals surface area contributed by atoms with Crippen LogP contribution in [0.25, 0.3) is 0 Å².